The van der Waals surface area contributed by atoms with E-state index in [0.717, 1.165) is 0 Å². The Morgan fingerprint density at radius 2 is 1.73 bits per heavy atom. The van der Waals surface area contributed by atoms with E-state index in [-0.39, 0.29) is 19.1 Å². The highest BCUT2D eigenvalue weighted by Gasteiger charge is 2.15. The number of carbonyl (C=O) groups is 2. The zero-order chi connectivity index (χ0) is 16.6. The first-order valence-corrected chi connectivity index (χ1v) is 7.06. The van der Waals surface area contributed by atoms with Crippen LogP contribution in [-0.2, 0) is 19.1 Å². The molecule has 0 spiro atoms. The lowest BCUT2D eigenvalue weighted by Gasteiger charge is -2.19. The molecule has 1 aromatic rings. The van der Waals surface area contributed by atoms with Crippen LogP contribution in [0, 0.1) is 0 Å². The Labute approximate surface area is 130 Å². The number of anilines is 1. The average Bonchev–Trinajstić information content (AvgIpc) is 2.37. The fourth-order valence-corrected chi connectivity index (χ4v) is 1.58. The minimum atomic E-state index is -0.507. The van der Waals surface area contributed by atoms with Gasteiger partial charge in [-0.2, -0.15) is 0 Å². The summed E-state index contributed by atoms with van der Waals surface area (Å²) in [5.74, 6) is 0.145. The highest BCUT2D eigenvalue weighted by molar-refractivity contribution is 5.88. The zero-order valence-corrected chi connectivity index (χ0v) is 13.5. The van der Waals surface area contributed by atoms with Gasteiger partial charge >= 0.3 is 5.97 Å². The Morgan fingerprint density at radius 1 is 1.09 bits per heavy atom. The highest BCUT2D eigenvalue weighted by atomic mass is 16.6. The van der Waals surface area contributed by atoms with Crippen molar-refractivity contribution in [1.29, 1.82) is 0 Å². The Bertz CT molecular complexity index is 490. The third-order valence-electron chi connectivity index (χ3n) is 2.31. The molecule has 6 heteroatoms. The second kappa shape index (κ2) is 8.38. The van der Waals surface area contributed by atoms with E-state index in [1.807, 2.05) is 0 Å². The first-order valence-electron chi connectivity index (χ1n) is 7.06. The summed E-state index contributed by atoms with van der Waals surface area (Å²) in [6.07, 6.45) is 0. The maximum Gasteiger partial charge on any atom is 0.332 e. The lowest BCUT2D eigenvalue weighted by Crippen LogP contribution is -2.27. The van der Waals surface area contributed by atoms with Crippen LogP contribution in [0.15, 0.2) is 24.3 Å². The topological polar surface area (TPSA) is 73.9 Å². The first-order chi connectivity index (χ1) is 10.3. The van der Waals surface area contributed by atoms with Gasteiger partial charge in [0.15, 0.2) is 0 Å². The van der Waals surface area contributed by atoms with Gasteiger partial charge in [0.2, 0.25) is 5.91 Å². The standard InChI is InChI=1S/C16H23NO5/c1-12(18)17-13-5-7-14(8-6-13)21-10-9-20-11-15(19)22-16(2,3)4/h5-8H,9-11H2,1-4H3,(H,17,18). The van der Waals surface area contributed by atoms with Crippen molar-refractivity contribution >= 4 is 17.6 Å². The van der Waals surface area contributed by atoms with Gasteiger partial charge in [-0.1, -0.05) is 0 Å². The van der Waals surface area contributed by atoms with Gasteiger partial charge in [0.05, 0.1) is 6.61 Å². The summed E-state index contributed by atoms with van der Waals surface area (Å²) in [5.41, 5.74) is 0.202. The minimum absolute atomic E-state index is 0.0951. The second-order valence-electron chi connectivity index (χ2n) is 5.69. The summed E-state index contributed by atoms with van der Waals surface area (Å²) in [4.78, 5) is 22.3. The van der Waals surface area contributed by atoms with Gasteiger partial charge in [-0.3, -0.25) is 4.79 Å². The van der Waals surface area contributed by atoms with Gasteiger partial charge in [0.25, 0.3) is 0 Å². The van der Waals surface area contributed by atoms with Crippen molar-refractivity contribution in [3.63, 3.8) is 0 Å². The van der Waals surface area contributed by atoms with Gasteiger partial charge in [-0.25, -0.2) is 4.79 Å². The van der Waals surface area contributed by atoms with E-state index in [1.54, 1.807) is 45.0 Å². The summed E-state index contributed by atoms with van der Waals surface area (Å²) >= 11 is 0. The van der Waals surface area contributed by atoms with Crippen molar-refractivity contribution in [2.75, 3.05) is 25.1 Å². The molecule has 0 aliphatic heterocycles. The Kier molecular flexibility index (Phi) is 6.85. The van der Waals surface area contributed by atoms with Crippen LogP contribution >= 0.6 is 0 Å². The van der Waals surface area contributed by atoms with Gasteiger partial charge < -0.3 is 19.5 Å². The number of carbonyl (C=O) groups excluding carboxylic acids is 2. The fraction of sp³-hybridized carbons (Fsp3) is 0.500. The molecule has 22 heavy (non-hydrogen) atoms. The second-order valence-corrected chi connectivity index (χ2v) is 5.69. The van der Waals surface area contributed by atoms with E-state index in [1.165, 1.54) is 6.92 Å². The van der Waals surface area contributed by atoms with Gasteiger partial charge in [-0.05, 0) is 45.0 Å². The molecular weight excluding hydrogens is 286 g/mol. The van der Waals surface area contributed by atoms with E-state index in [4.69, 9.17) is 14.2 Å². The Morgan fingerprint density at radius 3 is 2.27 bits per heavy atom. The molecule has 0 saturated heterocycles. The molecule has 0 radical (unpaired) electrons. The van der Waals surface area contributed by atoms with Gasteiger partial charge in [-0.15, -0.1) is 0 Å². The molecule has 6 nitrogen and oxygen atoms in total. The molecule has 0 bridgehead atoms. The molecule has 0 unspecified atom stereocenters. The number of benzene rings is 1. The van der Waals surface area contributed by atoms with Gasteiger partial charge in [0.1, 0.15) is 24.6 Å². The molecule has 0 saturated carbocycles. The van der Waals surface area contributed by atoms with Crippen LogP contribution in [-0.4, -0.2) is 37.3 Å². The summed E-state index contributed by atoms with van der Waals surface area (Å²) in [6, 6.07) is 6.99. The number of nitrogens with one attached hydrogen (secondary N) is 1. The van der Waals surface area contributed by atoms with Crippen LogP contribution in [0.5, 0.6) is 5.75 Å². The summed E-state index contributed by atoms with van der Waals surface area (Å²) < 4.78 is 15.7. The van der Waals surface area contributed by atoms with E-state index in [0.29, 0.717) is 18.0 Å². The van der Waals surface area contributed by atoms with Crippen molar-refractivity contribution in [3.8, 4) is 5.75 Å². The number of hydrogen-bond donors (Lipinski definition) is 1. The number of ether oxygens (including phenoxy) is 3. The van der Waals surface area contributed by atoms with E-state index in [9.17, 15) is 9.59 Å². The number of esters is 1. The summed E-state index contributed by atoms with van der Waals surface area (Å²) in [7, 11) is 0. The predicted molar refractivity (Wildman–Crippen MR) is 82.9 cm³/mol. The van der Waals surface area contributed by atoms with Crippen LogP contribution in [0.1, 0.15) is 27.7 Å². The molecule has 1 N–H and O–H groups in total. The number of amides is 1. The predicted octanol–water partition coefficient (Wildman–Crippen LogP) is 2.38. The normalized spacial score (nSPS) is 10.9. The molecule has 1 rings (SSSR count). The SMILES string of the molecule is CC(=O)Nc1ccc(OCCOCC(=O)OC(C)(C)C)cc1. The quantitative estimate of drug-likeness (QED) is 0.618. The Hall–Kier alpha value is -2.08. The lowest BCUT2D eigenvalue weighted by molar-refractivity contribution is -0.160. The van der Waals surface area contributed by atoms with Gasteiger partial charge in [0, 0.05) is 12.6 Å². The van der Waals surface area contributed by atoms with E-state index in [2.05, 4.69) is 5.32 Å². The maximum absolute atomic E-state index is 11.4. The molecule has 0 fully saturated rings. The third kappa shape index (κ3) is 8.26. The van der Waals surface area contributed by atoms with Crippen LogP contribution in [0.2, 0.25) is 0 Å². The third-order valence-corrected chi connectivity index (χ3v) is 2.31. The van der Waals surface area contributed by atoms with Crippen LogP contribution in [0.25, 0.3) is 0 Å². The Balaban J connectivity index is 2.19. The summed E-state index contributed by atoms with van der Waals surface area (Å²) in [5, 5.41) is 2.67. The van der Waals surface area contributed by atoms with E-state index >= 15 is 0 Å². The molecule has 0 atom stereocenters. The van der Waals surface area contributed by atoms with Crippen molar-refractivity contribution in [2.24, 2.45) is 0 Å². The van der Waals surface area contributed by atoms with Crippen LogP contribution in [0.4, 0.5) is 5.69 Å². The first kappa shape index (κ1) is 18.0. The molecule has 122 valence electrons. The lowest BCUT2D eigenvalue weighted by atomic mass is 10.2. The zero-order valence-electron chi connectivity index (χ0n) is 13.5. The average molecular weight is 309 g/mol. The van der Waals surface area contributed by atoms with Crippen molar-refractivity contribution in [3.05, 3.63) is 24.3 Å². The van der Waals surface area contributed by atoms with Crippen LogP contribution < -0.4 is 10.1 Å². The number of rotatable bonds is 7. The smallest absolute Gasteiger partial charge is 0.332 e. The molecule has 0 aliphatic rings. The minimum Gasteiger partial charge on any atom is -0.491 e. The van der Waals surface area contributed by atoms with Crippen molar-refractivity contribution in [2.45, 2.75) is 33.3 Å². The molecule has 1 amide bonds. The number of hydrogen-bond acceptors (Lipinski definition) is 5. The monoisotopic (exact) mass is 309 g/mol. The van der Waals surface area contributed by atoms with Crippen molar-refractivity contribution in [1.82, 2.24) is 0 Å². The molecular formula is C16H23NO5. The molecule has 0 aliphatic carbocycles. The summed E-state index contributed by atoms with van der Waals surface area (Å²) in [6.45, 7) is 7.37. The highest BCUT2D eigenvalue weighted by Crippen LogP contribution is 2.15. The van der Waals surface area contributed by atoms with E-state index < -0.39 is 11.6 Å². The molecule has 0 heterocycles. The fourth-order valence-electron chi connectivity index (χ4n) is 1.58. The van der Waals surface area contributed by atoms with Crippen molar-refractivity contribution < 1.29 is 23.8 Å². The maximum atomic E-state index is 11.4. The molecule has 1 aromatic carbocycles. The largest absolute Gasteiger partial charge is 0.491 e. The van der Waals surface area contributed by atoms with Crippen LogP contribution in [0.3, 0.4) is 0 Å². The molecule has 0 aromatic heterocycles.